The van der Waals surface area contributed by atoms with Crippen LogP contribution in [-0.2, 0) is 6.61 Å². The number of fused-ring (bicyclic) bond motifs is 1. The van der Waals surface area contributed by atoms with Crippen LogP contribution in [0.1, 0.15) is 27.2 Å². The van der Waals surface area contributed by atoms with Gasteiger partial charge in [-0.15, -0.1) is 0 Å². The van der Waals surface area contributed by atoms with Crippen LogP contribution in [0.3, 0.4) is 0 Å². The summed E-state index contributed by atoms with van der Waals surface area (Å²) in [6.45, 7) is 2.24. The summed E-state index contributed by atoms with van der Waals surface area (Å²) >= 11 is 6.18. The van der Waals surface area contributed by atoms with E-state index >= 15 is 0 Å². The topological polar surface area (TPSA) is 66.5 Å². The average molecular weight is 418 g/mol. The van der Waals surface area contributed by atoms with Gasteiger partial charge in [0.05, 0.1) is 11.8 Å². The van der Waals surface area contributed by atoms with Crippen LogP contribution in [0.2, 0.25) is 5.02 Å². The predicted octanol–water partition coefficient (Wildman–Crippen LogP) is 5.47. The molecule has 1 amide bonds. The van der Waals surface area contributed by atoms with Gasteiger partial charge in [-0.25, -0.2) is 5.43 Å². The molecule has 0 radical (unpaired) electrons. The highest BCUT2D eigenvalue weighted by atomic mass is 35.5. The second-order valence-electron chi connectivity index (χ2n) is 6.78. The van der Waals surface area contributed by atoms with Crippen molar-refractivity contribution in [2.45, 2.75) is 13.5 Å². The SMILES string of the molecule is Cc1[nH]c2ccccc2c1/C=N/NC(=O)c1ccccc1OCc1ccccc1Cl. The number of aromatic nitrogens is 1. The molecule has 0 aliphatic rings. The second-order valence-corrected chi connectivity index (χ2v) is 7.19. The third kappa shape index (κ3) is 4.21. The summed E-state index contributed by atoms with van der Waals surface area (Å²) in [6, 6.07) is 22.5. The molecule has 0 saturated heterocycles. The Labute approximate surface area is 179 Å². The molecule has 5 nitrogen and oxygen atoms in total. The zero-order valence-corrected chi connectivity index (χ0v) is 17.1. The van der Waals surface area contributed by atoms with E-state index in [1.807, 2.05) is 55.5 Å². The number of aryl methyl sites for hydroxylation is 1. The zero-order valence-electron chi connectivity index (χ0n) is 16.4. The molecular weight excluding hydrogens is 398 g/mol. The minimum absolute atomic E-state index is 0.266. The molecule has 6 heteroatoms. The summed E-state index contributed by atoms with van der Waals surface area (Å²) in [6.07, 6.45) is 1.65. The summed E-state index contributed by atoms with van der Waals surface area (Å²) in [7, 11) is 0. The molecule has 0 unspecified atom stereocenters. The van der Waals surface area contributed by atoms with Gasteiger partial charge in [0.2, 0.25) is 0 Å². The highest BCUT2D eigenvalue weighted by molar-refractivity contribution is 6.31. The van der Waals surface area contributed by atoms with E-state index in [1.165, 1.54) is 0 Å². The normalized spacial score (nSPS) is 11.1. The number of para-hydroxylation sites is 2. The molecule has 4 aromatic rings. The van der Waals surface area contributed by atoms with Gasteiger partial charge in [0, 0.05) is 32.7 Å². The van der Waals surface area contributed by atoms with Crippen LogP contribution in [0, 0.1) is 6.92 Å². The monoisotopic (exact) mass is 417 g/mol. The van der Waals surface area contributed by atoms with Crippen molar-refractivity contribution in [1.29, 1.82) is 0 Å². The fraction of sp³-hybridized carbons (Fsp3) is 0.0833. The van der Waals surface area contributed by atoms with Gasteiger partial charge in [0.15, 0.2) is 0 Å². The molecular formula is C24H20ClN3O2. The van der Waals surface area contributed by atoms with Gasteiger partial charge in [-0.2, -0.15) is 5.10 Å². The lowest BCUT2D eigenvalue weighted by Crippen LogP contribution is -2.18. The smallest absolute Gasteiger partial charge is 0.275 e. The molecule has 2 N–H and O–H groups in total. The van der Waals surface area contributed by atoms with Crippen molar-refractivity contribution < 1.29 is 9.53 Å². The number of amides is 1. The van der Waals surface area contributed by atoms with E-state index in [0.29, 0.717) is 16.3 Å². The van der Waals surface area contributed by atoms with Crippen LogP contribution in [0.5, 0.6) is 5.75 Å². The Morgan fingerprint density at radius 3 is 2.67 bits per heavy atom. The Morgan fingerprint density at radius 1 is 1.07 bits per heavy atom. The third-order valence-corrected chi connectivity index (χ3v) is 5.14. The van der Waals surface area contributed by atoms with Crippen LogP contribution in [0.25, 0.3) is 10.9 Å². The molecule has 0 aliphatic carbocycles. The number of nitrogens with one attached hydrogen (secondary N) is 2. The standard InChI is InChI=1S/C24H20ClN3O2/c1-16-20(18-9-3-6-12-22(18)27-16)14-26-28-24(29)19-10-4-7-13-23(19)30-15-17-8-2-5-11-21(17)25/h2-14,27H,15H2,1H3,(H,28,29)/b26-14+. The predicted molar refractivity (Wildman–Crippen MR) is 120 cm³/mol. The number of hydrogen-bond donors (Lipinski definition) is 2. The first-order valence-corrected chi connectivity index (χ1v) is 9.87. The lowest BCUT2D eigenvalue weighted by Gasteiger charge is -2.11. The van der Waals surface area contributed by atoms with Gasteiger partial charge >= 0.3 is 0 Å². The Bertz CT molecular complexity index is 1230. The van der Waals surface area contributed by atoms with E-state index in [0.717, 1.165) is 27.7 Å². The zero-order chi connectivity index (χ0) is 20.9. The first kappa shape index (κ1) is 19.7. The molecule has 1 heterocycles. The second kappa shape index (κ2) is 8.84. The maximum Gasteiger partial charge on any atom is 0.275 e. The molecule has 0 spiro atoms. The highest BCUT2D eigenvalue weighted by Crippen LogP contribution is 2.22. The van der Waals surface area contributed by atoms with Crippen LogP contribution < -0.4 is 10.2 Å². The van der Waals surface area contributed by atoms with Crippen molar-refractivity contribution in [2.24, 2.45) is 5.10 Å². The maximum atomic E-state index is 12.7. The van der Waals surface area contributed by atoms with E-state index in [1.54, 1.807) is 30.5 Å². The number of hydrogen-bond acceptors (Lipinski definition) is 3. The van der Waals surface area contributed by atoms with Crippen molar-refractivity contribution in [2.75, 3.05) is 0 Å². The Hall–Kier alpha value is -3.57. The average Bonchev–Trinajstić information content (AvgIpc) is 3.08. The number of halogens is 1. The molecule has 0 fully saturated rings. The van der Waals surface area contributed by atoms with Gasteiger partial charge in [-0.3, -0.25) is 4.79 Å². The van der Waals surface area contributed by atoms with Crippen molar-refractivity contribution in [3.05, 3.63) is 100 Å². The Balaban J connectivity index is 1.48. The van der Waals surface area contributed by atoms with Crippen molar-refractivity contribution >= 4 is 34.6 Å². The van der Waals surface area contributed by atoms with E-state index in [4.69, 9.17) is 16.3 Å². The van der Waals surface area contributed by atoms with Gasteiger partial charge in [0.25, 0.3) is 5.91 Å². The van der Waals surface area contributed by atoms with Crippen molar-refractivity contribution in [1.82, 2.24) is 10.4 Å². The summed E-state index contributed by atoms with van der Waals surface area (Å²) in [4.78, 5) is 16.0. The van der Waals surface area contributed by atoms with Gasteiger partial charge < -0.3 is 9.72 Å². The van der Waals surface area contributed by atoms with E-state index < -0.39 is 0 Å². The summed E-state index contributed by atoms with van der Waals surface area (Å²) in [5.41, 5.74) is 6.79. The summed E-state index contributed by atoms with van der Waals surface area (Å²) < 4.78 is 5.85. The van der Waals surface area contributed by atoms with Gasteiger partial charge in [-0.1, -0.05) is 60.1 Å². The molecule has 0 atom stereocenters. The fourth-order valence-corrected chi connectivity index (χ4v) is 3.42. The molecule has 150 valence electrons. The first-order valence-electron chi connectivity index (χ1n) is 9.49. The number of benzene rings is 3. The van der Waals surface area contributed by atoms with Crippen molar-refractivity contribution in [3.8, 4) is 5.75 Å². The van der Waals surface area contributed by atoms with E-state index in [2.05, 4.69) is 15.5 Å². The molecule has 0 bridgehead atoms. The number of carbonyl (C=O) groups is 1. The van der Waals surface area contributed by atoms with Crippen LogP contribution in [0.4, 0.5) is 0 Å². The van der Waals surface area contributed by atoms with E-state index in [-0.39, 0.29) is 12.5 Å². The number of H-pyrrole nitrogens is 1. The van der Waals surface area contributed by atoms with Gasteiger partial charge in [0.1, 0.15) is 12.4 Å². The van der Waals surface area contributed by atoms with E-state index in [9.17, 15) is 4.79 Å². The molecule has 30 heavy (non-hydrogen) atoms. The summed E-state index contributed by atoms with van der Waals surface area (Å²) in [5, 5.41) is 5.83. The number of carbonyl (C=O) groups excluding carboxylic acids is 1. The maximum absolute atomic E-state index is 12.7. The Kier molecular flexibility index (Phi) is 5.82. The number of ether oxygens (including phenoxy) is 1. The number of hydrazone groups is 1. The number of rotatable bonds is 6. The minimum Gasteiger partial charge on any atom is -0.488 e. The van der Waals surface area contributed by atoms with Crippen LogP contribution >= 0.6 is 11.6 Å². The summed E-state index contributed by atoms with van der Waals surface area (Å²) in [5.74, 6) is 0.117. The number of nitrogens with zero attached hydrogens (tertiary/aromatic N) is 1. The number of aromatic amines is 1. The highest BCUT2D eigenvalue weighted by Gasteiger charge is 2.12. The largest absolute Gasteiger partial charge is 0.488 e. The fourth-order valence-electron chi connectivity index (χ4n) is 3.23. The first-order chi connectivity index (χ1) is 14.6. The molecule has 1 aromatic heterocycles. The molecule has 3 aromatic carbocycles. The Morgan fingerprint density at radius 2 is 1.80 bits per heavy atom. The third-order valence-electron chi connectivity index (χ3n) is 4.78. The lowest BCUT2D eigenvalue weighted by atomic mass is 10.1. The minimum atomic E-state index is -0.349. The van der Waals surface area contributed by atoms with Gasteiger partial charge in [-0.05, 0) is 31.2 Å². The molecule has 4 rings (SSSR count). The molecule has 0 aliphatic heterocycles. The van der Waals surface area contributed by atoms with Crippen molar-refractivity contribution in [3.63, 3.8) is 0 Å². The van der Waals surface area contributed by atoms with Crippen LogP contribution in [-0.4, -0.2) is 17.1 Å². The molecule has 0 saturated carbocycles. The lowest BCUT2D eigenvalue weighted by molar-refractivity contribution is 0.0950. The quantitative estimate of drug-likeness (QED) is 0.322. The van der Waals surface area contributed by atoms with Crippen LogP contribution in [0.15, 0.2) is 77.9 Å².